The third-order valence-electron chi connectivity index (χ3n) is 9.31. The smallest absolute Gasteiger partial charge is 0.201 e. The molecule has 0 saturated heterocycles. The third-order valence-corrected chi connectivity index (χ3v) is 9.31. The van der Waals surface area contributed by atoms with E-state index in [2.05, 4.69) is 48.2 Å². The summed E-state index contributed by atoms with van der Waals surface area (Å²) in [7, 11) is 7.36. The summed E-state index contributed by atoms with van der Waals surface area (Å²) in [6, 6.07) is 20.0. The maximum absolute atomic E-state index is 11.3. The second-order valence-electron chi connectivity index (χ2n) is 12.2. The highest BCUT2D eigenvalue weighted by Gasteiger charge is 2.34. The number of methoxy groups -OCH3 is 2. The Labute approximate surface area is 258 Å². The predicted molar refractivity (Wildman–Crippen MR) is 168 cm³/mol. The summed E-state index contributed by atoms with van der Waals surface area (Å²) >= 11 is 0. The van der Waals surface area contributed by atoms with E-state index in [4.69, 9.17) is 18.9 Å². The molecular weight excluding hydrogens is 556 g/mol. The molecule has 228 valence electrons. The zero-order valence-corrected chi connectivity index (χ0v) is 25.6. The monoisotopic (exact) mass is 594 g/mol. The molecule has 6 aliphatic heterocycles. The molecule has 0 aromatic heterocycles. The quantitative estimate of drug-likeness (QED) is 0.270. The fourth-order valence-electron chi connectivity index (χ4n) is 7.10. The molecule has 0 fully saturated rings. The van der Waals surface area contributed by atoms with Gasteiger partial charge in [0.1, 0.15) is 11.5 Å². The topological polar surface area (TPSA) is 83.9 Å². The number of likely N-dealkylation sites (N-methyl/N-ethyl adjacent to an activating group) is 2. The van der Waals surface area contributed by atoms with E-state index in [1.807, 2.05) is 36.4 Å². The van der Waals surface area contributed by atoms with Gasteiger partial charge in [0.2, 0.25) is 11.5 Å². The highest BCUT2D eigenvalue weighted by atomic mass is 16.5. The van der Waals surface area contributed by atoms with Crippen LogP contribution in [0.3, 0.4) is 0 Å². The Kier molecular flexibility index (Phi) is 7.26. The van der Waals surface area contributed by atoms with Crippen molar-refractivity contribution in [3.8, 4) is 46.0 Å². The second-order valence-corrected chi connectivity index (χ2v) is 12.2. The van der Waals surface area contributed by atoms with E-state index in [0.29, 0.717) is 40.9 Å². The van der Waals surface area contributed by atoms with Crippen molar-refractivity contribution in [3.05, 3.63) is 94.0 Å². The third kappa shape index (κ3) is 4.98. The lowest BCUT2D eigenvalue weighted by molar-refractivity contribution is 0.222. The molecule has 8 heteroatoms. The number of hydrogen-bond acceptors (Lipinski definition) is 8. The molecule has 2 unspecified atom stereocenters. The Morgan fingerprint density at radius 3 is 1.86 bits per heavy atom. The molecule has 4 aromatic rings. The lowest BCUT2D eigenvalue weighted by Crippen LogP contribution is -2.33. The molecule has 0 aliphatic carbocycles. The number of phenols is 2. The van der Waals surface area contributed by atoms with Crippen LogP contribution in [0.15, 0.2) is 60.7 Å². The van der Waals surface area contributed by atoms with E-state index in [9.17, 15) is 10.2 Å². The van der Waals surface area contributed by atoms with Gasteiger partial charge >= 0.3 is 0 Å². The first-order chi connectivity index (χ1) is 21.3. The summed E-state index contributed by atoms with van der Waals surface area (Å²) in [5.41, 5.74) is 6.43. The molecule has 0 amide bonds. The molecule has 6 aliphatic rings. The Balaban J connectivity index is 1.39. The van der Waals surface area contributed by atoms with Crippen LogP contribution in [0.2, 0.25) is 0 Å². The van der Waals surface area contributed by atoms with Crippen LogP contribution in [0, 0.1) is 0 Å². The summed E-state index contributed by atoms with van der Waals surface area (Å²) in [6.45, 7) is 2.41. The van der Waals surface area contributed by atoms with Gasteiger partial charge in [-0.2, -0.15) is 0 Å². The van der Waals surface area contributed by atoms with Gasteiger partial charge in [0, 0.05) is 42.7 Å². The van der Waals surface area contributed by atoms with Gasteiger partial charge in [0.05, 0.1) is 14.2 Å². The SMILES string of the molecule is COc1cc2c3c(c1O)Oc1ccc(cc1)CC1c4c(cc(OC)c(O)c4Oc4ccc(cc4)CC3CN(C)C2)CCN1C. The molecule has 6 heterocycles. The van der Waals surface area contributed by atoms with E-state index in [-0.39, 0.29) is 23.5 Å². The van der Waals surface area contributed by atoms with E-state index in [0.717, 1.165) is 65.9 Å². The zero-order chi connectivity index (χ0) is 30.5. The van der Waals surface area contributed by atoms with Crippen LogP contribution in [-0.2, 0) is 25.8 Å². The molecular formula is C36H38N2O6. The molecule has 0 radical (unpaired) electrons. The molecule has 4 aromatic carbocycles. The molecule has 4 bridgehead atoms. The van der Waals surface area contributed by atoms with Crippen molar-refractivity contribution in [2.75, 3.05) is 41.4 Å². The predicted octanol–water partition coefficient (Wildman–Crippen LogP) is 6.56. The average Bonchev–Trinajstić information content (AvgIpc) is 3.02. The minimum absolute atomic E-state index is 0.0124. The fraction of sp³-hybridized carbons (Fsp3) is 0.333. The van der Waals surface area contributed by atoms with Crippen molar-refractivity contribution in [2.45, 2.75) is 37.8 Å². The normalized spacial score (nSPS) is 19.6. The van der Waals surface area contributed by atoms with Gasteiger partial charge in [0.25, 0.3) is 0 Å². The summed E-state index contributed by atoms with van der Waals surface area (Å²) in [5.74, 6) is 3.12. The van der Waals surface area contributed by atoms with Crippen molar-refractivity contribution in [1.29, 1.82) is 0 Å². The van der Waals surface area contributed by atoms with Crippen LogP contribution < -0.4 is 18.9 Å². The van der Waals surface area contributed by atoms with E-state index in [1.165, 1.54) is 0 Å². The van der Waals surface area contributed by atoms with Crippen LogP contribution in [0.4, 0.5) is 0 Å². The largest absolute Gasteiger partial charge is 0.502 e. The van der Waals surface area contributed by atoms with E-state index in [1.54, 1.807) is 14.2 Å². The van der Waals surface area contributed by atoms with Crippen LogP contribution in [0.25, 0.3) is 0 Å². The van der Waals surface area contributed by atoms with E-state index >= 15 is 0 Å². The highest BCUT2D eigenvalue weighted by Crippen LogP contribution is 2.51. The average molecular weight is 595 g/mol. The maximum Gasteiger partial charge on any atom is 0.201 e. The van der Waals surface area contributed by atoms with Gasteiger partial charge in [-0.3, -0.25) is 4.90 Å². The van der Waals surface area contributed by atoms with Crippen LogP contribution in [0.1, 0.15) is 45.3 Å². The van der Waals surface area contributed by atoms with Crippen molar-refractivity contribution < 1.29 is 29.2 Å². The summed E-state index contributed by atoms with van der Waals surface area (Å²) < 4.78 is 24.2. The molecule has 0 saturated carbocycles. The Hall–Kier alpha value is -4.40. The van der Waals surface area contributed by atoms with Crippen LogP contribution >= 0.6 is 0 Å². The maximum atomic E-state index is 11.3. The number of rotatable bonds is 2. The number of phenolic OH excluding ortho intramolecular Hbond substituents is 2. The van der Waals surface area contributed by atoms with Gasteiger partial charge in [-0.25, -0.2) is 0 Å². The minimum atomic E-state index is -0.0253. The van der Waals surface area contributed by atoms with Gasteiger partial charge in [-0.05, 0) is 92.0 Å². The number of nitrogens with zero attached hydrogens (tertiary/aromatic N) is 2. The minimum Gasteiger partial charge on any atom is -0.502 e. The molecule has 8 nitrogen and oxygen atoms in total. The lowest BCUT2D eigenvalue weighted by Gasteiger charge is -2.36. The van der Waals surface area contributed by atoms with Crippen LogP contribution in [0.5, 0.6) is 46.0 Å². The zero-order valence-electron chi connectivity index (χ0n) is 25.6. The van der Waals surface area contributed by atoms with Crippen molar-refractivity contribution in [3.63, 3.8) is 0 Å². The molecule has 10 rings (SSSR count). The number of hydrogen-bond donors (Lipinski definition) is 2. The Morgan fingerprint density at radius 1 is 0.727 bits per heavy atom. The molecule has 0 spiro atoms. The van der Waals surface area contributed by atoms with Crippen molar-refractivity contribution in [2.24, 2.45) is 0 Å². The van der Waals surface area contributed by atoms with Gasteiger partial charge < -0.3 is 34.1 Å². The standard InChI is InChI=1S/C36H38N2O6/c1-37-19-24-15-21-5-9-27(10-6-21)44-36-32-23(17-29(41-3)34(36)40)13-14-38(2)28(32)16-22-7-11-26(12-8-22)43-35-31(24)25(20-37)18-30(42-4)33(35)39/h5-12,17-18,24,28,39-40H,13-16,19-20H2,1-4H3. The second kappa shape index (κ2) is 11.3. The first-order valence-corrected chi connectivity index (χ1v) is 15.1. The van der Waals surface area contributed by atoms with E-state index < -0.39 is 0 Å². The Morgan fingerprint density at radius 2 is 1.27 bits per heavy atom. The Bertz CT molecular complexity index is 1700. The summed E-state index contributed by atoms with van der Waals surface area (Å²) in [6.07, 6.45) is 2.27. The fourth-order valence-corrected chi connectivity index (χ4v) is 7.10. The number of ether oxygens (including phenoxy) is 4. The molecule has 2 atom stereocenters. The molecule has 2 N–H and O–H groups in total. The number of benzene rings is 4. The van der Waals surface area contributed by atoms with Gasteiger partial charge in [-0.1, -0.05) is 24.3 Å². The van der Waals surface area contributed by atoms with Gasteiger partial charge in [0.15, 0.2) is 23.0 Å². The molecule has 44 heavy (non-hydrogen) atoms. The summed E-state index contributed by atoms with van der Waals surface area (Å²) in [4.78, 5) is 4.60. The van der Waals surface area contributed by atoms with Gasteiger partial charge in [-0.15, -0.1) is 0 Å². The van der Waals surface area contributed by atoms with Crippen LogP contribution in [-0.4, -0.2) is 61.4 Å². The lowest BCUT2D eigenvalue weighted by atomic mass is 9.84. The summed E-state index contributed by atoms with van der Waals surface area (Å²) in [5, 5.41) is 22.7. The van der Waals surface area contributed by atoms with Crippen molar-refractivity contribution in [1.82, 2.24) is 9.80 Å². The first-order valence-electron chi connectivity index (χ1n) is 15.1. The van der Waals surface area contributed by atoms with Crippen molar-refractivity contribution >= 4 is 0 Å². The first kappa shape index (κ1) is 28.4. The highest BCUT2D eigenvalue weighted by molar-refractivity contribution is 5.63. The number of aromatic hydroxyl groups is 2.